The van der Waals surface area contributed by atoms with Gasteiger partial charge in [0.25, 0.3) is 0 Å². The van der Waals surface area contributed by atoms with Crippen molar-refractivity contribution in [2.45, 2.75) is 58.3 Å². The van der Waals surface area contributed by atoms with Crippen LogP contribution in [0.3, 0.4) is 0 Å². The van der Waals surface area contributed by atoms with Crippen molar-refractivity contribution in [2.24, 2.45) is 0 Å². The number of rotatable bonds is 7. The lowest BCUT2D eigenvalue weighted by Gasteiger charge is -2.23. The smallest absolute Gasteiger partial charge is 0.407 e. The van der Waals surface area contributed by atoms with E-state index >= 15 is 0 Å². The molecule has 0 fully saturated rings. The number of aliphatic hydroxyl groups excluding tert-OH is 1. The fraction of sp³-hybridized carbons (Fsp3) is 0.909. The Morgan fingerprint density at radius 2 is 2.00 bits per heavy atom. The lowest BCUT2D eigenvalue weighted by Crippen LogP contribution is -2.34. The summed E-state index contributed by atoms with van der Waals surface area (Å²) in [5, 5.41) is 19.8. The van der Waals surface area contributed by atoms with E-state index in [1.807, 2.05) is 20.8 Å². The number of aliphatic hydroxyl groups is 2. The highest BCUT2D eigenvalue weighted by Crippen LogP contribution is 2.13. The number of ether oxygens (including phenoxy) is 1. The molecular weight excluding hydrogens is 210 g/mol. The van der Waals surface area contributed by atoms with E-state index in [1.165, 1.54) is 0 Å². The van der Waals surface area contributed by atoms with Crippen molar-refractivity contribution in [1.29, 1.82) is 0 Å². The molecule has 0 aliphatic rings. The van der Waals surface area contributed by atoms with Crippen LogP contribution in [-0.4, -0.2) is 34.7 Å². The van der Waals surface area contributed by atoms with Crippen molar-refractivity contribution in [3.8, 4) is 0 Å². The van der Waals surface area contributed by atoms with Gasteiger partial charge in [0.1, 0.15) is 5.60 Å². The largest absolute Gasteiger partial charge is 0.444 e. The zero-order valence-electron chi connectivity index (χ0n) is 10.3. The van der Waals surface area contributed by atoms with E-state index in [0.717, 1.165) is 6.42 Å². The van der Waals surface area contributed by atoms with Gasteiger partial charge in [-0.15, -0.1) is 0 Å². The molecule has 0 aromatic carbocycles. The highest BCUT2D eigenvalue weighted by Gasteiger charge is 2.19. The number of unbranched alkanes of at least 4 members (excludes halogenated alkanes) is 1. The van der Waals surface area contributed by atoms with Crippen molar-refractivity contribution >= 4 is 6.09 Å². The van der Waals surface area contributed by atoms with Gasteiger partial charge in [0.05, 0.1) is 0 Å². The van der Waals surface area contributed by atoms with Crippen molar-refractivity contribution in [2.75, 3.05) is 6.54 Å². The Balaban J connectivity index is 3.52. The molecule has 0 aliphatic carbocycles. The molecule has 0 saturated heterocycles. The Labute approximate surface area is 96.8 Å². The number of carbonyl (C=O) groups is 1. The summed E-state index contributed by atoms with van der Waals surface area (Å²) in [5.74, 6) is 0. The standard InChI is InChI=1S/C11H23NO4/c1-4-11(2,3)16-10(15)12-8-6-5-7-9(13)14/h9,13-14H,4-8H2,1-3H3,(H,12,15). The molecule has 0 unspecified atom stereocenters. The average molecular weight is 233 g/mol. The first-order chi connectivity index (χ1) is 7.37. The molecule has 0 aliphatic heterocycles. The van der Waals surface area contributed by atoms with Crippen LogP contribution in [-0.2, 0) is 4.74 Å². The number of amides is 1. The molecular formula is C11H23NO4. The minimum absolute atomic E-state index is 0.331. The van der Waals surface area contributed by atoms with Crippen molar-refractivity contribution < 1.29 is 19.7 Å². The Kier molecular flexibility index (Phi) is 7.08. The van der Waals surface area contributed by atoms with E-state index in [0.29, 0.717) is 25.8 Å². The molecule has 0 bridgehead atoms. The second kappa shape index (κ2) is 7.46. The molecule has 3 N–H and O–H groups in total. The van der Waals surface area contributed by atoms with Gasteiger partial charge in [-0.25, -0.2) is 4.79 Å². The van der Waals surface area contributed by atoms with E-state index in [-0.39, 0.29) is 0 Å². The fourth-order valence-corrected chi connectivity index (χ4v) is 1.00. The van der Waals surface area contributed by atoms with Crippen LogP contribution >= 0.6 is 0 Å². The molecule has 0 heterocycles. The van der Waals surface area contributed by atoms with E-state index in [4.69, 9.17) is 14.9 Å². The molecule has 0 aromatic heterocycles. The van der Waals surface area contributed by atoms with Gasteiger partial charge in [-0.1, -0.05) is 6.92 Å². The summed E-state index contributed by atoms with van der Waals surface area (Å²) in [5.41, 5.74) is -0.439. The molecule has 0 rings (SSSR count). The van der Waals surface area contributed by atoms with Crippen LogP contribution in [0.15, 0.2) is 0 Å². The van der Waals surface area contributed by atoms with Crippen LogP contribution < -0.4 is 5.32 Å². The van der Waals surface area contributed by atoms with E-state index in [9.17, 15) is 4.79 Å². The van der Waals surface area contributed by atoms with Crippen LogP contribution in [0.5, 0.6) is 0 Å². The highest BCUT2D eigenvalue weighted by molar-refractivity contribution is 5.67. The lowest BCUT2D eigenvalue weighted by atomic mass is 10.1. The summed E-state index contributed by atoms with van der Waals surface area (Å²) in [6.45, 7) is 6.16. The summed E-state index contributed by atoms with van der Waals surface area (Å²) in [7, 11) is 0. The molecule has 0 saturated carbocycles. The van der Waals surface area contributed by atoms with Crippen LogP contribution in [0.4, 0.5) is 4.79 Å². The highest BCUT2D eigenvalue weighted by atomic mass is 16.6. The summed E-state index contributed by atoms with van der Waals surface area (Å²) in [6, 6.07) is 0. The predicted octanol–water partition coefficient (Wildman–Crippen LogP) is 1.38. The number of hydrogen-bond acceptors (Lipinski definition) is 4. The quantitative estimate of drug-likeness (QED) is 0.458. The summed E-state index contributed by atoms with van der Waals surface area (Å²) < 4.78 is 5.17. The predicted molar refractivity (Wildman–Crippen MR) is 60.9 cm³/mol. The molecule has 0 spiro atoms. The summed E-state index contributed by atoms with van der Waals surface area (Å²) in [4.78, 5) is 11.3. The van der Waals surface area contributed by atoms with E-state index in [2.05, 4.69) is 5.32 Å². The first kappa shape index (κ1) is 15.2. The number of nitrogens with one attached hydrogen (secondary N) is 1. The molecule has 96 valence electrons. The molecule has 0 radical (unpaired) electrons. The topological polar surface area (TPSA) is 78.8 Å². The molecule has 16 heavy (non-hydrogen) atoms. The van der Waals surface area contributed by atoms with Crippen molar-refractivity contribution in [3.63, 3.8) is 0 Å². The van der Waals surface area contributed by atoms with Crippen LogP contribution in [0, 0.1) is 0 Å². The van der Waals surface area contributed by atoms with Gasteiger partial charge in [0.2, 0.25) is 0 Å². The van der Waals surface area contributed by atoms with Gasteiger partial charge in [0, 0.05) is 6.54 Å². The Morgan fingerprint density at radius 3 is 2.50 bits per heavy atom. The maximum atomic E-state index is 11.3. The third-order valence-corrected chi connectivity index (χ3v) is 2.38. The van der Waals surface area contributed by atoms with Gasteiger partial charge in [0.15, 0.2) is 6.29 Å². The van der Waals surface area contributed by atoms with Crippen LogP contribution in [0.1, 0.15) is 46.5 Å². The van der Waals surface area contributed by atoms with Crippen LogP contribution in [0.2, 0.25) is 0 Å². The monoisotopic (exact) mass is 233 g/mol. The SMILES string of the molecule is CCC(C)(C)OC(=O)NCCCCC(O)O. The van der Waals surface area contributed by atoms with E-state index in [1.54, 1.807) is 0 Å². The first-order valence-corrected chi connectivity index (χ1v) is 5.70. The molecule has 0 atom stereocenters. The van der Waals surface area contributed by atoms with Gasteiger partial charge < -0.3 is 20.3 Å². The Bertz CT molecular complexity index is 204. The minimum Gasteiger partial charge on any atom is -0.444 e. The second-order valence-corrected chi connectivity index (χ2v) is 4.41. The maximum Gasteiger partial charge on any atom is 0.407 e. The van der Waals surface area contributed by atoms with Crippen molar-refractivity contribution in [1.82, 2.24) is 5.32 Å². The second-order valence-electron chi connectivity index (χ2n) is 4.41. The Morgan fingerprint density at radius 1 is 1.38 bits per heavy atom. The molecule has 5 nitrogen and oxygen atoms in total. The molecule has 0 aromatic rings. The molecule has 1 amide bonds. The summed E-state index contributed by atoms with van der Waals surface area (Å²) >= 11 is 0. The lowest BCUT2D eigenvalue weighted by molar-refractivity contribution is -0.0464. The van der Waals surface area contributed by atoms with Gasteiger partial charge in [-0.2, -0.15) is 0 Å². The number of hydrogen-bond donors (Lipinski definition) is 3. The summed E-state index contributed by atoms with van der Waals surface area (Å²) in [6.07, 6.45) is 0.783. The van der Waals surface area contributed by atoms with E-state index < -0.39 is 18.0 Å². The third kappa shape index (κ3) is 8.49. The maximum absolute atomic E-state index is 11.3. The fourth-order valence-electron chi connectivity index (χ4n) is 1.00. The number of alkyl carbamates (subject to hydrolysis) is 1. The third-order valence-electron chi connectivity index (χ3n) is 2.38. The number of carbonyl (C=O) groups excluding carboxylic acids is 1. The van der Waals surface area contributed by atoms with Gasteiger partial charge in [-0.05, 0) is 39.5 Å². The van der Waals surface area contributed by atoms with Gasteiger partial charge >= 0.3 is 6.09 Å². The normalized spacial score (nSPS) is 11.6. The zero-order valence-corrected chi connectivity index (χ0v) is 10.3. The minimum atomic E-state index is -1.26. The zero-order chi connectivity index (χ0) is 12.6. The first-order valence-electron chi connectivity index (χ1n) is 5.70. The average Bonchev–Trinajstić information content (AvgIpc) is 2.16. The van der Waals surface area contributed by atoms with Gasteiger partial charge in [-0.3, -0.25) is 0 Å². The molecule has 5 heteroatoms. The Hall–Kier alpha value is -0.810. The van der Waals surface area contributed by atoms with Crippen molar-refractivity contribution in [3.05, 3.63) is 0 Å². The van der Waals surface area contributed by atoms with Crippen LogP contribution in [0.25, 0.3) is 0 Å².